The smallest absolute Gasteiger partial charge is 0.317 e. The molecule has 2 atom stereocenters. The molecule has 3 saturated carbocycles. The van der Waals surface area contributed by atoms with Gasteiger partial charge in [0, 0.05) is 24.5 Å². The van der Waals surface area contributed by atoms with Crippen molar-refractivity contribution in [1.29, 1.82) is 0 Å². The van der Waals surface area contributed by atoms with Crippen LogP contribution in [0.15, 0.2) is 12.1 Å². The van der Waals surface area contributed by atoms with Gasteiger partial charge in [0.15, 0.2) is 11.5 Å². The number of carboxylic acid groups (broad SMARTS) is 1. The molecule has 2 aromatic rings. The van der Waals surface area contributed by atoms with Crippen LogP contribution in [0.3, 0.4) is 0 Å². The Morgan fingerprint density at radius 2 is 2.07 bits per heavy atom. The molecule has 2 N–H and O–H groups in total. The average Bonchev–Trinajstić information content (AvgIpc) is 3.50. The molecule has 2 unspecified atom stereocenters. The number of anilines is 1. The molecule has 144 valence electrons. The highest BCUT2D eigenvalue weighted by molar-refractivity contribution is 5.69. The highest BCUT2D eigenvalue weighted by Crippen LogP contribution is 2.45. The summed E-state index contributed by atoms with van der Waals surface area (Å²) in [4.78, 5) is 13.3. The molecular weight excluding hydrogens is 344 g/mol. The van der Waals surface area contributed by atoms with E-state index in [1.165, 1.54) is 12.8 Å². The minimum atomic E-state index is -0.728. The average molecular weight is 370 g/mol. The Labute approximate surface area is 158 Å². The van der Waals surface area contributed by atoms with Crippen molar-refractivity contribution in [3.05, 3.63) is 18.0 Å². The molecule has 0 spiro atoms. The van der Waals surface area contributed by atoms with E-state index in [9.17, 15) is 9.90 Å². The molecule has 2 aromatic heterocycles. The van der Waals surface area contributed by atoms with Crippen LogP contribution in [-0.4, -0.2) is 61.0 Å². The van der Waals surface area contributed by atoms with Crippen LogP contribution in [0.2, 0.25) is 0 Å². The second-order valence-corrected chi connectivity index (χ2v) is 8.60. The third-order valence-corrected chi connectivity index (χ3v) is 6.24. The first-order valence-corrected chi connectivity index (χ1v) is 10.0. The Hall–Kier alpha value is -2.22. The van der Waals surface area contributed by atoms with E-state index in [4.69, 9.17) is 5.10 Å². The molecule has 0 saturated heterocycles. The van der Waals surface area contributed by atoms with E-state index < -0.39 is 5.97 Å². The maximum atomic E-state index is 11.2. The lowest BCUT2D eigenvalue weighted by atomic mass is 9.85. The third-order valence-electron chi connectivity index (χ3n) is 6.24. The monoisotopic (exact) mass is 370 g/mol. The second-order valence-electron chi connectivity index (χ2n) is 8.60. The van der Waals surface area contributed by atoms with Gasteiger partial charge in [0.05, 0.1) is 6.54 Å². The zero-order valence-corrected chi connectivity index (χ0v) is 15.6. The molecule has 3 aliphatic rings. The Morgan fingerprint density at radius 1 is 1.30 bits per heavy atom. The zero-order valence-electron chi connectivity index (χ0n) is 15.6. The molecule has 5 rings (SSSR count). The number of fused-ring (bicyclic) bond motifs is 1. The van der Waals surface area contributed by atoms with Crippen LogP contribution in [0.5, 0.6) is 0 Å². The quantitative estimate of drug-likeness (QED) is 0.733. The summed E-state index contributed by atoms with van der Waals surface area (Å²) in [6.07, 6.45) is 5.58. The number of aromatic nitrogens is 4. The summed E-state index contributed by atoms with van der Waals surface area (Å²) in [7, 11) is 0. The van der Waals surface area contributed by atoms with E-state index >= 15 is 0 Å². The molecule has 27 heavy (non-hydrogen) atoms. The molecule has 3 aliphatic carbocycles. The van der Waals surface area contributed by atoms with E-state index in [-0.39, 0.29) is 6.54 Å². The van der Waals surface area contributed by atoms with Crippen molar-refractivity contribution < 1.29 is 9.90 Å². The van der Waals surface area contributed by atoms with Crippen molar-refractivity contribution >= 4 is 17.4 Å². The first-order valence-electron chi connectivity index (χ1n) is 10.0. The minimum Gasteiger partial charge on any atom is -0.480 e. The number of nitrogens with one attached hydrogen (secondary N) is 1. The van der Waals surface area contributed by atoms with Crippen molar-refractivity contribution in [1.82, 2.24) is 24.7 Å². The largest absolute Gasteiger partial charge is 0.480 e. The standard InChI is InChI=1S/C19H26N6O2/c1-11-6-15(11)19-22-21-17-5-4-16(23-25(17)19)20-13-7-14(8-13)24(10-18(26)27)9-12-2-3-12/h4-5,11-15H,2-3,6-10H2,1H3,(H,20,23)(H,26,27). The Morgan fingerprint density at radius 3 is 2.74 bits per heavy atom. The molecule has 0 aromatic carbocycles. The van der Waals surface area contributed by atoms with Crippen molar-refractivity contribution in [2.75, 3.05) is 18.4 Å². The number of hydrogen-bond donors (Lipinski definition) is 2. The lowest BCUT2D eigenvalue weighted by Crippen LogP contribution is -2.52. The molecule has 0 amide bonds. The summed E-state index contributed by atoms with van der Waals surface area (Å²) in [5.41, 5.74) is 0.790. The summed E-state index contributed by atoms with van der Waals surface area (Å²) in [6.45, 7) is 3.31. The van der Waals surface area contributed by atoms with E-state index in [1.807, 2.05) is 16.6 Å². The van der Waals surface area contributed by atoms with Gasteiger partial charge in [0.2, 0.25) is 0 Å². The maximum Gasteiger partial charge on any atom is 0.317 e. The fourth-order valence-corrected chi connectivity index (χ4v) is 4.16. The number of nitrogens with zero attached hydrogens (tertiary/aromatic N) is 5. The molecule has 0 aliphatic heterocycles. The van der Waals surface area contributed by atoms with Gasteiger partial charge < -0.3 is 10.4 Å². The van der Waals surface area contributed by atoms with Crippen molar-refractivity contribution in [2.45, 2.75) is 57.0 Å². The fourth-order valence-electron chi connectivity index (χ4n) is 4.16. The van der Waals surface area contributed by atoms with Crippen LogP contribution < -0.4 is 5.32 Å². The maximum absolute atomic E-state index is 11.2. The summed E-state index contributed by atoms with van der Waals surface area (Å²) in [6, 6.07) is 4.62. The van der Waals surface area contributed by atoms with Crippen LogP contribution in [-0.2, 0) is 4.79 Å². The van der Waals surface area contributed by atoms with Gasteiger partial charge in [-0.15, -0.1) is 15.3 Å². The first-order chi connectivity index (χ1) is 13.1. The normalized spacial score (nSPS) is 29.7. The van der Waals surface area contributed by atoms with Gasteiger partial charge in [0.25, 0.3) is 0 Å². The number of aliphatic carboxylic acids is 1. The van der Waals surface area contributed by atoms with Crippen LogP contribution in [0.25, 0.3) is 5.65 Å². The van der Waals surface area contributed by atoms with Crippen LogP contribution >= 0.6 is 0 Å². The lowest BCUT2D eigenvalue weighted by Gasteiger charge is -2.43. The van der Waals surface area contributed by atoms with Crippen LogP contribution in [0, 0.1) is 11.8 Å². The van der Waals surface area contributed by atoms with Gasteiger partial charge in [0.1, 0.15) is 5.82 Å². The fraction of sp³-hybridized carbons (Fsp3) is 0.684. The lowest BCUT2D eigenvalue weighted by molar-refractivity contribution is -0.139. The molecule has 8 nitrogen and oxygen atoms in total. The number of carbonyl (C=O) groups is 1. The van der Waals surface area contributed by atoms with Crippen LogP contribution in [0.4, 0.5) is 5.82 Å². The summed E-state index contributed by atoms with van der Waals surface area (Å²) >= 11 is 0. The van der Waals surface area contributed by atoms with Gasteiger partial charge in [-0.2, -0.15) is 4.52 Å². The van der Waals surface area contributed by atoms with Gasteiger partial charge in [-0.05, 0) is 56.1 Å². The zero-order chi connectivity index (χ0) is 18.5. The first kappa shape index (κ1) is 16.9. The molecule has 0 bridgehead atoms. The van der Waals surface area contributed by atoms with Gasteiger partial charge in [-0.1, -0.05) is 6.92 Å². The van der Waals surface area contributed by atoms with Crippen molar-refractivity contribution in [2.24, 2.45) is 11.8 Å². The molecule has 2 heterocycles. The third kappa shape index (κ3) is 3.50. The van der Waals surface area contributed by atoms with Crippen molar-refractivity contribution in [3.63, 3.8) is 0 Å². The highest BCUT2D eigenvalue weighted by atomic mass is 16.4. The molecular formula is C19H26N6O2. The van der Waals surface area contributed by atoms with Crippen molar-refractivity contribution in [3.8, 4) is 0 Å². The Kier molecular flexibility index (Phi) is 4.03. The summed E-state index contributed by atoms with van der Waals surface area (Å²) in [5.74, 6) is 2.92. The predicted octanol–water partition coefficient (Wildman–Crippen LogP) is 1.99. The molecule has 0 radical (unpaired) electrons. The SMILES string of the molecule is CC1CC1c1nnc2ccc(NC3CC(N(CC(=O)O)CC4CC4)C3)nn12. The van der Waals surface area contributed by atoms with E-state index in [0.717, 1.165) is 43.1 Å². The van der Waals surface area contributed by atoms with Gasteiger partial charge in [-0.25, -0.2) is 0 Å². The Balaban J connectivity index is 1.22. The second kappa shape index (κ2) is 6.44. The van der Waals surface area contributed by atoms with Gasteiger partial charge >= 0.3 is 5.97 Å². The topological polar surface area (TPSA) is 95.7 Å². The van der Waals surface area contributed by atoms with E-state index in [1.54, 1.807) is 0 Å². The number of carboxylic acids is 1. The molecule has 8 heteroatoms. The number of hydrogen-bond acceptors (Lipinski definition) is 6. The number of rotatable bonds is 8. The van der Waals surface area contributed by atoms with Gasteiger partial charge in [-0.3, -0.25) is 9.69 Å². The summed E-state index contributed by atoms with van der Waals surface area (Å²) in [5, 5.41) is 25.9. The van der Waals surface area contributed by atoms with E-state index in [2.05, 4.69) is 27.3 Å². The summed E-state index contributed by atoms with van der Waals surface area (Å²) < 4.78 is 1.87. The predicted molar refractivity (Wildman–Crippen MR) is 99.7 cm³/mol. The minimum absolute atomic E-state index is 0.154. The van der Waals surface area contributed by atoms with Crippen LogP contribution in [0.1, 0.15) is 50.8 Å². The Bertz CT molecular complexity index is 857. The molecule has 3 fully saturated rings. The highest BCUT2D eigenvalue weighted by Gasteiger charge is 2.39. The van der Waals surface area contributed by atoms with E-state index in [0.29, 0.717) is 29.8 Å².